The topological polar surface area (TPSA) is 51.6 Å². The van der Waals surface area contributed by atoms with Gasteiger partial charge in [-0.3, -0.25) is 0 Å². The van der Waals surface area contributed by atoms with E-state index >= 15 is 0 Å². The second kappa shape index (κ2) is 24.9. The van der Waals surface area contributed by atoms with Gasteiger partial charge in [-0.25, -0.2) is 19.9 Å². The van der Waals surface area contributed by atoms with Crippen molar-refractivity contribution < 1.29 is 0 Å². The lowest BCUT2D eigenvalue weighted by atomic mass is 9.60. The highest BCUT2D eigenvalue weighted by Gasteiger charge is 2.53. The fourth-order valence-corrected chi connectivity index (χ4v) is 17.8. The molecule has 20 rings (SSSR count). The zero-order chi connectivity index (χ0) is 69.5. The van der Waals surface area contributed by atoms with Gasteiger partial charge in [-0.1, -0.05) is 388 Å². The van der Waals surface area contributed by atoms with E-state index in [0.717, 1.165) is 89.5 Å². The van der Waals surface area contributed by atoms with Crippen LogP contribution in [-0.2, 0) is 16.2 Å². The van der Waals surface area contributed by atoms with Crippen molar-refractivity contribution in [2.75, 3.05) is 0 Å². The van der Waals surface area contributed by atoms with E-state index in [9.17, 15) is 0 Å². The standard InChI is InChI=1S/C101H66N4/c1-6-28-67(29-7-1)68-50-56-75(57-51-68)99(87-44-22-16-38-81(87)82-39-17-23-45-88(82)99)78-62-79(100(89-46-24-18-40-83(89)84-41-19-25-47-90(84)100)76-58-52-73(53-59-76)97-102-93(69-30-8-2-9-31-69)65-94(103-97)70-32-10-3-11-33-70)64-80(63-78)101(91-48-26-20-42-85(91)86-43-21-27-49-92(86)101)77-60-54-74(55-61-77)98-104-95(71-34-12-4-13-35-71)66-96(105-98)72-36-14-5-15-37-72/h1-66H. The molecule has 105 heavy (non-hydrogen) atoms. The van der Waals surface area contributed by atoms with Gasteiger partial charge in [0.25, 0.3) is 0 Å². The molecular formula is C101H66N4. The molecule has 3 aliphatic carbocycles. The Morgan fingerprint density at radius 1 is 0.143 bits per heavy atom. The molecule has 0 atom stereocenters. The van der Waals surface area contributed by atoms with Gasteiger partial charge in [0.1, 0.15) is 0 Å². The minimum atomic E-state index is -0.908. The maximum atomic E-state index is 5.39. The van der Waals surface area contributed by atoms with E-state index in [1.54, 1.807) is 0 Å². The quantitative estimate of drug-likeness (QED) is 0.115. The van der Waals surface area contributed by atoms with E-state index in [1.807, 2.05) is 0 Å². The maximum absolute atomic E-state index is 5.39. The molecule has 3 aliphatic rings. The number of benzene rings is 15. The molecule has 0 aliphatic heterocycles. The van der Waals surface area contributed by atoms with Crippen LogP contribution in [0, 0.1) is 0 Å². The van der Waals surface area contributed by atoms with E-state index in [-0.39, 0.29) is 0 Å². The van der Waals surface area contributed by atoms with Gasteiger partial charge in [0.05, 0.1) is 39.0 Å². The molecule has 0 fully saturated rings. The maximum Gasteiger partial charge on any atom is 0.160 e. The second-order valence-corrected chi connectivity index (χ2v) is 27.8. The molecule has 0 spiro atoms. The first kappa shape index (κ1) is 61.3. The average Bonchev–Trinajstić information content (AvgIpc) is 1.55. The number of nitrogens with zero attached hydrogens (tertiary/aromatic N) is 4. The van der Waals surface area contributed by atoms with Crippen LogP contribution in [0.4, 0.5) is 0 Å². The van der Waals surface area contributed by atoms with Gasteiger partial charge in [0.15, 0.2) is 11.6 Å². The molecular weight excluding hydrogens is 1270 g/mol. The van der Waals surface area contributed by atoms with Gasteiger partial charge in [0.2, 0.25) is 0 Å². The Labute approximate surface area is 611 Å². The molecule has 0 saturated carbocycles. The van der Waals surface area contributed by atoms with E-state index in [1.165, 1.54) is 77.9 Å². The van der Waals surface area contributed by atoms with Crippen LogP contribution in [0.3, 0.4) is 0 Å². The highest BCUT2D eigenvalue weighted by molar-refractivity contribution is 5.92. The Balaban J connectivity index is 0.890. The van der Waals surface area contributed by atoms with Crippen LogP contribution in [-0.4, -0.2) is 19.9 Å². The van der Waals surface area contributed by atoms with Crippen molar-refractivity contribution in [2.45, 2.75) is 16.2 Å². The van der Waals surface area contributed by atoms with Crippen molar-refractivity contribution in [1.82, 2.24) is 19.9 Å². The van der Waals surface area contributed by atoms with Crippen molar-refractivity contribution in [3.05, 3.63) is 467 Å². The van der Waals surface area contributed by atoms with Gasteiger partial charge in [-0.05, 0) is 123 Å². The summed E-state index contributed by atoms with van der Waals surface area (Å²) in [4.78, 5) is 21.6. The van der Waals surface area contributed by atoms with E-state index in [0.29, 0.717) is 11.6 Å². The lowest BCUT2D eigenvalue weighted by Gasteiger charge is -2.41. The van der Waals surface area contributed by atoms with Crippen LogP contribution in [0.2, 0.25) is 0 Å². The Morgan fingerprint density at radius 2 is 0.333 bits per heavy atom. The van der Waals surface area contributed by atoms with E-state index < -0.39 is 16.2 Å². The number of aromatic nitrogens is 4. The molecule has 0 amide bonds. The number of hydrogen-bond donors (Lipinski definition) is 0. The summed E-state index contributed by atoms with van der Waals surface area (Å²) in [6.45, 7) is 0. The fourth-order valence-electron chi connectivity index (χ4n) is 17.8. The van der Waals surface area contributed by atoms with Crippen LogP contribution in [0.25, 0.3) is 112 Å². The molecule has 4 heteroatoms. The first-order valence-electron chi connectivity index (χ1n) is 36.2. The van der Waals surface area contributed by atoms with Gasteiger partial charge in [0, 0.05) is 33.4 Å². The van der Waals surface area contributed by atoms with Crippen LogP contribution in [0.5, 0.6) is 0 Å². The minimum Gasteiger partial charge on any atom is -0.228 e. The first-order valence-corrected chi connectivity index (χ1v) is 36.2. The fraction of sp³-hybridized carbons (Fsp3) is 0.0297. The van der Waals surface area contributed by atoms with Crippen molar-refractivity contribution >= 4 is 0 Å². The molecule has 0 unspecified atom stereocenters. The number of hydrogen-bond acceptors (Lipinski definition) is 4. The molecule has 0 bridgehead atoms. The predicted octanol–water partition coefficient (Wildman–Crippen LogP) is 24.0. The summed E-state index contributed by atoms with van der Waals surface area (Å²) in [6.07, 6.45) is 0. The highest BCUT2D eigenvalue weighted by atomic mass is 14.9. The summed E-state index contributed by atoms with van der Waals surface area (Å²) in [5.74, 6) is 1.31. The molecule has 0 N–H and O–H groups in total. The molecule has 0 saturated heterocycles. The summed E-state index contributed by atoms with van der Waals surface area (Å²) in [5, 5.41) is 0. The first-order chi connectivity index (χ1) is 52.0. The summed E-state index contributed by atoms with van der Waals surface area (Å²) in [6, 6.07) is 148. The van der Waals surface area contributed by atoms with Crippen molar-refractivity contribution in [2.24, 2.45) is 0 Å². The van der Waals surface area contributed by atoms with Crippen molar-refractivity contribution in [3.8, 4) is 112 Å². The largest absolute Gasteiger partial charge is 0.228 e. The third-order valence-corrected chi connectivity index (χ3v) is 22.4. The SMILES string of the molecule is c1ccc(-c2ccc(C3(c4cc(C5(c6ccc(-c7nc(-c8ccccc8)cc(-c8ccccc8)n7)cc6)c6ccccc6-c6ccccc65)cc(C5(c6ccc(-c7nc(-c8ccccc8)cc(-c8ccccc8)n7)cc6)c6ccccc6-c6ccccc65)c4)c4ccccc4-c4ccccc43)cc2)cc1. The molecule has 15 aromatic carbocycles. The van der Waals surface area contributed by atoms with Crippen LogP contribution >= 0.6 is 0 Å². The molecule has 4 nitrogen and oxygen atoms in total. The molecule has 490 valence electrons. The third-order valence-electron chi connectivity index (χ3n) is 22.4. The summed E-state index contributed by atoms with van der Waals surface area (Å²) in [5.41, 5.74) is 30.5. The van der Waals surface area contributed by atoms with Crippen molar-refractivity contribution in [1.29, 1.82) is 0 Å². The number of fused-ring (bicyclic) bond motifs is 9. The molecule has 2 heterocycles. The van der Waals surface area contributed by atoms with Gasteiger partial charge in [-0.2, -0.15) is 0 Å². The Hall–Kier alpha value is -13.5. The highest BCUT2D eigenvalue weighted by Crippen LogP contribution is 2.63. The van der Waals surface area contributed by atoms with Crippen LogP contribution in [0.1, 0.15) is 66.8 Å². The third kappa shape index (κ3) is 9.68. The molecule has 0 radical (unpaired) electrons. The van der Waals surface area contributed by atoms with E-state index in [2.05, 4.69) is 400 Å². The van der Waals surface area contributed by atoms with Gasteiger partial charge in [-0.15, -0.1) is 0 Å². The van der Waals surface area contributed by atoms with E-state index in [4.69, 9.17) is 19.9 Å². The van der Waals surface area contributed by atoms with Crippen molar-refractivity contribution in [3.63, 3.8) is 0 Å². The predicted molar refractivity (Wildman–Crippen MR) is 428 cm³/mol. The van der Waals surface area contributed by atoms with Crippen LogP contribution < -0.4 is 0 Å². The van der Waals surface area contributed by atoms with Gasteiger partial charge >= 0.3 is 0 Å². The Morgan fingerprint density at radius 3 is 0.571 bits per heavy atom. The zero-order valence-corrected chi connectivity index (χ0v) is 57.4. The normalized spacial score (nSPS) is 13.6. The lowest BCUT2D eigenvalue weighted by molar-refractivity contribution is 0.713. The molecule has 17 aromatic rings. The Bertz CT molecular complexity index is 5630. The van der Waals surface area contributed by atoms with Gasteiger partial charge < -0.3 is 0 Å². The average molecular weight is 1340 g/mol. The van der Waals surface area contributed by atoms with Crippen LogP contribution in [0.15, 0.2) is 400 Å². The Kier molecular flexibility index (Phi) is 14.6. The summed E-state index contributed by atoms with van der Waals surface area (Å²) < 4.78 is 0. The smallest absolute Gasteiger partial charge is 0.160 e. The lowest BCUT2D eigenvalue weighted by Crippen LogP contribution is -2.35. The second-order valence-electron chi connectivity index (χ2n) is 27.8. The molecule has 2 aromatic heterocycles. The number of rotatable bonds is 13. The monoisotopic (exact) mass is 1330 g/mol. The summed E-state index contributed by atoms with van der Waals surface area (Å²) >= 11 is 0. The zero-order valence-electron chi connectivity index (χ0n) is 57.4. The minimum absolute atomic E-state index is 0.657. The summed E-state index contributed by atoms with van der Waals surface area (Å²) in [7, 11) is 0.